The van der Waals surface area contributed by atoms with Gasteiger partial charge in [0.25, 0.3) is 0 Å². The lowest BCUT2D eigenvalue weighted by Crippen LogP contribution is -2.30. The number of para-hydroxylation sites is 1. The van der Waals surface area contributed by atoms with Crippen molar-refractivity contribution in [2.24, 2.45) is 11.7 Å². The average Bonchev–Trinajstić information content (AvgIpc) is 2.20. The molecule has 0 aliphatic heterocycles. The molecule has 0 saturated heterocycles. The van der Waals surface area contributed by atoms with Crippen LogP contribution in [0.3, 0.4) is 0 Å². The van der Waals surface area contributed by atoms with Gasteiger partial charge >= 0.3 is 0 Å². The number of phenolic OH excluding ortho intramolecular Hbond substituents is 1. The number of rotatable bonds is 3. The highest BCUT2D eigenvalue weighted by molar-refractivity contribution is 9.10. The quantitative estimate of drug-likeness (QED) is 0.804. The zero-order chi connectivity index (χ0) is 11.6. The van der Waals surface area contributed by atoms with Crippen LogP contribution in [0.2, 0.25) is 0 Å². The molecule has 92 valence electrons. The molecule has 1 rings (SSSR count). The Morgan fingerprint density at radius 3 is 2.38 bits per heavy atom. The lowest BCUT2D eigenvalue weighted by atomic mass is 9.94. The largest absolute Gasteiger partial charge is 0.506 e. The molecule has 5 heteroatoms. The standard InChI is InChI=1S/C11H16BrNO2.ClH/c1-6(2)10(14)9(13)7-4-3-5-8(12)11(7)15;/h3-6,9-10,14-15H,13H2,1-2H3;1H/t9-,10+;/m0./s1. The monoisotopic (exact) mass is 309 g/mol. The number of benzene rings is 1. The van der Waals surface area contributed by atoms with Gasteiger partial charge in [0, 0.05) is 5.56 Å². The summed E-state index contributed by atoms with van der Waals surface area (Å²) in [6.45, 7) is 3.78. The van der Waals surface area contributed by atoms with E-state index in [1.54, 1.807) is 18.2 Å². The van der Waals surface area contributed by atoms with E-state index in [1.807, 2.05) is 13.8 Å². The summed E-state index contributed by atoms with van der Waals surface area (Å²) in [4.78, 5) is 0. The summed E-state index contributed by atoms with van der Waals surface area (Å²) >= 11 is 3.21. The zero-order valence-corrected chi connectivity index (χ0v) is 11.6. The Hall–Kier alpha value is -0.290. The number of nitrogens with two attached hydrogens (primary N) is 1. The summed E-state index contributed by atoms with van der Waals surface area (Å²) in [5, 5.41) is 19.6. The lowest BCUT2D eigenvalue weighted by molar-refractivity contribution is 0.0969. The molecule has 0 amide bonds. The third-order valence-electron chi connectivity index (χ3n) is 2.43. The smallest absolute Gasteiger partial charge is 0.134 e. The second-order valence-electron chi connectivity index (χ2n) is 3.94. The molecule has 0 fully saturated rings. The van der Waals surface area contributed by atoms with E-state index in [0.717, 1.165) is 0 Å². The first-order chi connectivity index (χ1) is 6.95. The number of aromatic hydroxyl groups is 1. The maximum atomic E-state index is 9.81. The first-order valence-electron chi connectivity index (χ1n) is 4.86. The molecule has 4 N–H and O–H groups in total. The number of hydrogen-bond donors (Lipinski definition) is 3. The van der Waals surface area contributed by atoms with Crippen molar-refractivity contribution in [3.63, 3.8) is 0 Å². The van der Waals surface area contributed by atoms with Crippen LogP contribution < -0.4 is 5.73 Å². The van der Waals surface area contributed by atoms with Gasteiger partial charge in [-0.25, -0.2) is 0 Å². The second-order valence-corrected chi connectivity index (χ2v) is 4.79. The third-order valence-corrected chi connectivity index (χ3v) is 3.07. The van der Waals surface area contributed by atoms with Crippen LogP contribution in [-0.2, 0) is 0 Å². The molecule has 0 aromatic heterocycles. The number of aliphatic hydroxyl groups is 1. The van der Waals surface area contributed by atoms with Crippen molar-refractivity contribution in [2.75, 3.05) is 0 Å². The van der Waals surface area contributed by atoms with E-state index < -0.39 is 12.1 Å². The normalized spacial score (nSPS) is 14.4. The molecule has 0 heterocycles. The van der Waals surface area contributed by atoms with Gasteiger partial charge in [-0.1, -0.05) is 26.0 Å². The maximum absolute atomic E-state index is 9.81. The van der Waals surface area contributed by atoms with Gasteiger partial charge in [0.2, 0.25) is 0 Å². The van der Waals surface area contributed by atoms with Crippen molar-refractivity contribution >= 4 is 28.3 Å². The molecule has 0 spiro atoms. The van der Waals surface area contributed by atoms with E-state index in [1.165, 1.54) is 0 Å². The SMILES string of the molecule is CC(C)[C@@H](O)[C@@H](N)c1cccc(Br)c1O.Cl. The number of aliphatic hydroxyl groups excluding tert-OH is 1. The minimum absolute atomic E-state index is 0. The van der Waals surface area contributed by atoms with Gasteiger partial charge in [-0.2, -0.15) is 0 Å². The molecule has 0 aliphatic rings. The van der Waals surface area contributed by atoms with Crippen LogP contribution in [0.1, 0.15) is 25.5 Å². The van der Waals surface area contributed by atoms with Gasteiger partial charge in [-0.3, -0.25) is 0 Å². The molecular formula is C11H17BrClNO2. The molecular weight excluding hydrogens is 293 g/mol. The first kappa shape index (κ1) is 15.7. The Morgan fingerprint density at radius 2 is 1.88 bits per heavy atom. The lowest BCUT2D eigenvalue weighted by Gasteiger charge is -2.23. The summed E-state index contributed by atoms with van der Waals surface area (Å²) in [6, 6.07) is 4.66. The van der Waals surface area contributed by atoms with E-state index in [0.29, 0.717) is 10.0 Å². The van der Waals surface area contributed by atoms with Gasteiger partial charge in [0.1, 0.15) is 5.75 Å². The van der Waals surface area contributed by atoms with Crippen LogP contribution in [0.25, 0.3) is 0 Å². The number of hydrogen-bond acceptors (Lipinski definition) is 3. The Kier molecular flexibility index (Phi) is 6.33. The van der Waals surface area contributed by atoms with Crippen molar-refractivity contribution in [3.05, 3.63) is 28.2 Å². The van der Waals surface area contributed by atoms with E-state index >= 15 is 0 Å². The van der Waals surface area contributed by atoms with Crippen molar-refractivity contribution in [1.29, 1.82) is 0 Å². The van der Waals surface area contributed by atoms with E-state index in [9.17, 15) is 10.2 Å². The fourth-order valence-electron chi connectivity index (χ4n) is 1.40. The van der Waals surface area contributed by atoms with Gasteiger partial charge in [0.05, 0.1) is 16.6 Å². The minimum atomic E-state index is -0.662. The van der Waals surface area contributed by atoms with E-state index in [4.69, 9.17) is 5.73 Å². The number of halogens is 2. The minimum Gasteiger partial charge on any atom is -0.506 e. The van der Waals surface area contributed by atoms with E-state index in [-0.39, 0.29) is 24.1 Å². The zero-order valence-electron chi connectivity index (χ0n) is 9.22. The maximum Gasteiger partial charge on any atom is 0.134 e. The van der Waals surface area contributed by atoms with Gasteiger partial charge in [-0.05, 0) is 27.9 Å². The molecule has 16 heavy (non-hydrogen) atoms. The third kappa shape index (κ3) is 3.35. The molecule has 1 aromatic rings. The summed E-state index contributed by atoms with van der Waals surface area (Å²) in [5.41, 5.74) is 6.44. The van der Waals surface area contributed by atoms with Crippen LogP contribution >= 0.6 is 28.3 Å². The molecule has 0 radical (unpaired) electrons. The van der Waals surface area contributed by atoms with Crippen molar-refractivity contribution in [2.45, 2.75) is 26.0 Å². The van der Waals surface area contributed by atoms with Gasteiger partial charge in [-0.15, -0.1) is 12.4 Å². The molecule has 0 bridgehead atoms. The molecule has 3 nitrogen and oxygen atoms in total. The first-order valence-corrected chi connectivity index (χ1v) is 5.65. The van der Waals surface area contributed by atoms with Crippen molar-refractivity contribution in [3.8, 4) is 5.75 Å². The molecule has 0 saturated carbocycles. The topological polar surface area (TPSA) is 66.5 Å². The summed E-state index contributed by atoms with van der Waals surface area (Å²) < 4.78 is 0.589. The van der Waals surface area contributed by atoms with Crippen LogP contribution in [0.4, 0.5) is 0 Å². The Balaban J connectivity index is 0.00000225. The Bertz CT molecular complexity index is 347. The van der Waals surface area contributed by atoms with Crippen LogP contribution in [0, 0.1) is 5.92 Å². The predicted molar refractivity (Wildman–Crippen MR) is 70.8 cm³/mol. The fourth-order valence-corrected chi connectivity index (χ4v) is 1.78. The average molecular weight is 311 g/mol. The van der Waals surface area contributed by atoms with Crippen molar-refractivity contribution in [1.82, 2.24) is 0 Å². The van der Waals surface area contributed by atoms with Gasteiger partial charge in [0.15, 0.2) is 0 Å². The molecule has 2 atom stereocenters. The summed E-state index contributed by atoms with van der Waals surface area (Å²) in [6.07, 6.45) is -0.662. The predicted octanol–water partition coefficient (Wildman–Crippen LogP) is 2.59. The van der Waals surface area contributed by atoms with Crippen LogP contribution in [-0.4, -0.2) is 16.3 Å². The Morgan fingerprint density at radius 1 is 1.31 bits per heavy atom. The van der Waals surface area contributed by atoms with Crippen LogP contribution in [0.5, 0.6) is 5.75 Å². The van der Waals surface area contributed by atoms with Crippen molar-refractivity contribution < 1.29 is 10.2 Å². The highest BCUT2D eigenvalue weighted by Gasteiger charge is 2.23. The van der Waals surface area contributed by atoms with Crippen LogP contribution in [0.15, 0.2) is 22.7 Å². The number of phenols is 1. The highest BCUT2D eigenvalue weighted by atomic mass is 79.9. The van der Waals surface area contributed by atoms with E-state index in [2.05, 4.69) is 15.9 Å². The summed E-state index contributed by atoms with van der Waals surface area (Å²) in [7, 11) is 0. The summed E-state index contributed by atoms with van der Waals surface area (Å²) in [5.74, 6) is 0.156. The Labute approximate surface area is 110 Å². The fraction of sp³-hybridized carbons (Fsp3) is 0.455. The molecule has 0 unspecified atom stereocenters. The molecule has 1 aromatic carbocycles. The molecule has 0 aliphatic carbocycles. The highest BCUT2D eigenvalue weighted by Crippen LogP contribution is 2.33. The second kappa shape index (κ2) is 6.45. The van der Waals surface area contributed by atoms with Gasteiger partial charge < -0.3 is 15.9 Å².